The SMILES string of the molecule is CC(C)(c1ccc(C(CC(=O)O)C2CC2)cc1)S(C)(=O)=O. The van der Waals surface area contributed by atoms with Crippen LogP contribution in [-0.4, -0.2) is 25.7 Å². The van der Waals surface area contributed by atoms with Gasteiger partial charge in [-0.15, -0.1) is 0 Å². The van der Waals surface area contributed by atoms with Crippen molar-refractivity contribution < 1.29 is 18.3 Å². The standard InChI is InChI=1S/C16H22O4S/c1-16(2,21(3,19)20)13-8-6-12(7-9-13)14(10-15(17)18)11-4-5-11/h6-9,11,14H,4-5,10H2,1-3H3,(H,17,18). The van der Waals surface area contributed by atoms with E-state index in [1.165, 1.54) is 6.26 Å². The van der Waals surface area contributed by atoms with Gasteiger partial charge in [0.25, 0.3) is 0 Å². The van der Waals surface area contributed by atoms with Crippen LogP contribution in [0.2, 0.25) is 0 Å². The van der Waals surface area contributed by atoms with Crippen molar-refractivity contribution in [2.75, 3.05) is 6.26 Å². The van der Waals surface area contributed by atoms with Crippen LogP contribution in [0.1, 0.15) is 50.2 Å². The van der Waals surface area contributed by atoms with Gasteiger partial charge in [0.15, 0.2) is 9.84 Å². The average molecular weight is 310 g/mol. The Morgan fingerprint density at radius 1 is 1.29 bits per heavy atom. The van der Waals surface area contributed by atoms with E-state index >= 15 is 0 Å². The van der Waals surface area contributed by atoms with E-state index in [1.807, 2.05) is 24.3 Å². The smallest absolute Gasteiger partial charge is 0.303 e. The van der Waals surface area contributed by atoms with Gasteiger partial charge >= 0.3 is 5.97 Å². The van der Waals surface area contributed by atoms with E-state index in [4.69, 9.17) is 5.11 Å². The molecule has 1 aromatic rings. The van der Waals surface area contributed by atoms with Crippen molar-refractivity contribution in [3.05, 3.63) is 35.4 Å². The first-order valence-electron chi connectivity index (χ1n) is 7.15. The first-order valence-corrected chi connectivity index (χ1v) is 9.04. The van der Waals surface area contributed by atoms with Crippen molar-refractivity contribution in [3.8, 4) is 0 Å². The summed E-state index contributed by atoms with van der Waals surface area (Å²) in [6, 6.07) is 7.39. The molecule has 1 unspecified atom stereocenters. The van der Waals surface area contributed by atoms with Gasteiger partial charge in [0.05, 0.1) is 11.2 Å². The van der Waals surface area contributed by atoms with Crippen LogP contribution in [0.25, 0.3) is 0 Å². The van der Waals surface area contributed by atoms with E-state index in [2.05, 4.69) is 0 Å². The third-order valence-corrected chi connectivity index (χ3v) is 6.64. The maximum absolute atomic E-state index is 11.9. The van der Waals surface area contributed by atoms with Gasteiger partial charge in [-0.25, -0.2) is 8.42 Å². The molecule has 0 aromatic heterocycles. The monoisotopic (exact) mass is 310 g/mol. The minimum absolute atomic E-state index is 0.0397. The highest BCUT2D eigenvalue weighted by Gasteiger charge is 2.35. The molecule has 1 N–H and O–H groups in total. The summed E-state index contributed by atoms with van der Waals surface area (Å²) in [4.78, 5) is 11.0. The molecule has 1 saturated carbocycles. The van der Waals surface area contributed by atoms with Crippen molar-refractivity contribution in [3.63, 3.8) is 0 Å². The lowest BCUT2D eigenvalue weighted by Gasteiger charge is -2.24. The van der Waals surface area contributed by atoms with E-state index in [1.54, 1.807) is 13.8 Å². The summed E-state index contributed by atoms with van der Waals surface area (Å²) >= 11 is 0. The predicted octanol–water partition coefficient (Wildman–Crippen LogP) is 2.93. The van der Waals surface area contributed by atoms with Crippen LogP contribution in [0.3, 0.4) is 0 Å². The summed E-state index contributed by atoms with van der Waals surface area (Å²) in [7, 11) is -3.21. The number of hydrogen-bond acceptors (Lipinski definition) is 3. The van der Waals surface area contributed by atoms with Crippen LogP contribution < -0.4 is 0 Å². The van der Waals surface area contributed by atoms with E-state index in [0.717, 1.165) is 24.0 Å². The topological polar surface area (TPSA) is 71.4 Å². The van der Waals surface area contributed by atoms with Gasteiger partial charge in [-0.2, -0.15) is 0 Å². The van der Waals surface area contributed by atoms with Crippen molar-refractivity contribution in [2.45, 2.75) is 43.8 Å². The van der Waals surface area contributed by atoms with E-state index in [0.29, 0.717) is 5.92 Å². The highest BCUT2D eigenvalue weighted by atomic mass is 32.2. The number of carboxylic acid groups (broad SMARTS) is 1. The van der Waals surface area contributed by atoms with Crippen LogP contribution in [-0.2, 0) is 19.4 Å². The molecule has 1 aliphatic carbocycles. The fraction of sp³-hybridized carbons (Fsp3) is 0.562. The highest BCUT2D eigenvalue weighted by Crippen LogP contribution is 2.44. The number of hydrogen-bond donors (Lipinski definition) is 1. The van der Waals surface area contributed by atoms with Crippen molar-refractivity contribution >= 4 is 15.8 Å². The van der Waals surface area contributed by atoms with Crippen LogP contribution in [0, 0.1) is 5.92 Å². The number of carbonyl (C=O) groups is 1. The molecule has 0 saturated heterocycles. The Morgan fingerprint density at radius 2 is 1.81 bits per heavy atom. The molecule has 4 nitrogen and oxygen atoms in total. The molecule has 2 rings (SSSR count). The summed E-state index contributed by atoms with van der Waals surface area (Å²) in [6.45, 7) is 3.37. The molecule has 0 aliphatic heterocycles. The minimum atomic E-state index is -3.21. The molecule has 0 heterocycles. The largest absolute Gasteiger partial charge is 0.481 e. The minimum Gasteiger partial charge on any atom is -0.481 e. The number of rotatable bonds is 6. The molecule has 0 radical (unpaired) electrons. The number of sulfone groups is 1. The molecule has 5 heteroatoms. The number of benzene rings is 1. The van der Waals surface area contributed by atoms with Crippen molar-refractivity contribution in [1.29, 1.82) is 0 Å². The van der Waals surface area contributed by atoms with Gasteiger partial charge in [-0.1, -0.05) is 24.3 Å². The second-order valence-electron chi connectivity index (χ2n) is 6.45. The Kier molecular flexibility index (Phi) is 4.15. The Balaban J connectivity index is 2.28. The second-order valence-corrected chi connectivity index (χ2v) is 9.01. The third-order valence-electron chi connectivity index (χ3n) is 4.55. The van der Waals surface area contributed by atoms with Gasteiger partial charge in [0, 0.05) is 6.26 Å². The lowest BCUT2D eigenvalue weighted by atomic mass is 9.89. The Bertz CT molecular complexity index is 625. The normalized spacial score (nSPS) is 17.5. The molecule has 0 bridgehead atoms. The first-order chi connectivity index (χ1) is 9.63. The first kappa shape index (κ1) is 16.0. The van der Waals surface area contributed by atoms with E-state index < -0.39 is 20.6 Å². The summed E-state index contributed by atoms with van der Waals surface area (Å²) in [5.41, 5.74) is 1.73. The molecule has 116 valence electrons. The molecule has 1 aromatic carbocycles. The predicted molar refractivity (Wildman–Crippen MR) is 82.0 cm³/mol. The summed E-state index contributed by atoms with van der Waals surface area (Å²) in [5, 5.41) is 9.03. The van der Waals surface area contributed by atoms with Gasteiger partial charge in [0.1, 0.15) is 0 Å². The lowest BCUT2D eigenvalue weighted by Crippen LogP contribution is -2.28. The van der Waals surface area contributed by atoms with Gasteiger partial charge in [-0.05, 0) is 49.7 Å². The Labute approximate surface area is 126 Å². The third kappa shape index (κ3) is 3.46. The fourth-order valence-electron chi connectivity index (χ4n) is 2.59. The van der Waals surface area contributed by atoms with Crippen LogP contribution >= 0.6 is 0 Å². The molecule has 1 aliphatic rings. The second kappa shape index (κ2) is 5.44. The zero-order chi connectivity index (χ0) is 15.8. The number of carboxylic acids is 1. The highest BCUT2D eigenvalue weighted by molar-refractivity contribution is 7.91. The van der Waals surface area contributed by atoms with Gasteiger partial charge < -0.3 is 5.11 Å². The maximum Gasteiger partial charge on any atom is 0.303 e. The zero-order valence-corrected chi connectivity index (χ0v) is 13.5. The van der Waals surface area contributed by atoms with Gasteiger partial charge in [0.2, 0.25) is 0 Å². The molecule has 1 atom stereocenters. The summed E-state index contributed by atoms with van der Waals surface area (Å²) in [5.74, 6) is -0.291. The van der Waals surface area contributed by atoms with Crippen molar-refractivity contribution in [1.82, 2.24) is 0 Å². The van der Waals surface area contributed by atoms with E-state index in [-0.39, 0.29) is 12.3 Å². The van der Waals surface area contributed by atoms with Gasteiger partial charge in [-0.3, -0.25) is 4.79 Å². The lowest BCUT2D eigenvalue weighted by molar-refractivity contribution is -0.137. The molecular weight excluding hydrogens is 288 g/mol. The Hall–Kier alpha value is -1.36. The van der Waals surface area contributed by atoms with Crippen LogP contribution in [0.15, 0.2) is 24.3 Å². The number of aliphatic carboxylic acids is 1. The molecular formula is C16H22O4S. The average Bonchev–Trinajstić information content (AvgIpc) is 3.19. The molecule has 0 spiro atoms. The van der Waals surface area contributed by atoms with Crippen molar-refractivity contribution in [2.24, 2.45) is 5.92 Å². The van der Waals surface area contributed by atoms with E-state index in [9.17, 15) is 13.2 Å². The molecule has 21 heavy (non-hydrogen) atoms. The zero-order valence-electron chi connectivity index (χ0n) is 12.7. The molecule has 1 fully saturated rings. The quantitative estimate of drug-likeness (QED) is 0.877. The Morgan fingerprint density at radius 3 is 2.19 bits per heavy atom. The molecule has 0 amide bonds. The van der Waals surface area contributed by atoms with Crippen LogP contribution in [0.4, 0.5) is 0 Å². The summed E-state index contributed by atoms with van der Waals surface area (Å²) < 4.78 is 22.8. The van der Waals surface area contributed by atoms with Crippen LogP contribution in [0.5, 0.6) is 0 Å². The maximum atomic E-state index is 11.9. The summed E-state index contributed by atoms with van der Waals surface area (Å²) in [6.07, 6.45) is 3.53. The fourth-order valence-corrected chi connectivity index (χ4v) is 3.15.